The van der Waals surface area contributed by atoms with Gasteiger partial charge in [-0.3, -0.25) is 4.79 Å². The fourth-order valence-electron chi connectivity index (χ4n) is 3.79. The van der Waals surface area contributed by atoms with Gasteiger partial charge in [-0.25, -0.2) is 9.97 Å². The van der Waals surface area contributed by atoms with Crippen LogP contribution in [0.1, 0.15) is 38.5 Å². The molecule has 1 aliphatic carbocycles. The second-order valence-corrected chi connectivity index (χ2v) is 6.25. The highest BCUT2D eigenvalue weighted by Crippen LogP contribution is 2.42. The van der Waals surface area contributed by atoms with E-state index in [1.807, 2.05) is 6.07 Å². The molecule has 6 heteroatoms. The largest absolute Gasteiger partial charge is 0.383 e. The van der Waals surface area contributed by atoms with Crippen molar-refractivity contribution in [2.75, 3.05) is 25.6 Å². The van der Waals surface area contributed by atoms with E-state index in [2.05, 4.69) is 20.2 Å². The first-order chi connectivity index (χ1) is 10.7. The van der Waals surface area contributed by atoms with Crippen molar-refractivity contribution >= 4 is 11.9 Å². The summed E-state index contributed by atoms with van der Waals surface area (Å²) in [4.78, 5) is 22.7. The number of carbonyl (C=O) groups excluding carboxylic acids is 1. The van der Waals surface area contributed by atoms with Gasteiger partial charge in [0, 0.05) is 44.0 Å². The molecule has 3 rings (SSSR count). The second kappa shape index (κ2) is 6.60. The van der Waals surface area contributed by atoms with Gasteiger partial charge in [0.2, 0.25) is 11.9 Å². The lowest BCUT2D eigenvalue weighted by Crippen LogP contribution is -2.50. The van der Waals surface area contributed by atoms with Crippen LogP contribution in [-0.2, 0) is 9.53 Å². The maximum Gasteiger partial charge on any atom is 0.223 e. The van der Waals surface area contributed by atoms with Gasteiger partial charge in [-0.15, -0.1) is 0 Å². The summed E-state index contributed by atoms with van der Waals surface area (Å²) in [6.07, 6.45) is 9.38. The van der Waals surface area contributed by atoms with Gasteiger partial charge in [-0.05, 0) is 38.2 Å². The molecule has 0 unspecified atom stereocenters. The van der Waals surface area contributed by atoms with Crippen LogP contribution < -0.4 is 5.32 Å². The zero-order valence-electron chi connectivity index (χ0n) is 13.1. The van der Waals surface area contributed by atoms with Crippen LogP contribution in [0.15, 0.2) is 18.5 Å². The van der Waals surface area contributed by atoms with E-state index in [1.165, 1.54) is 0 Å². The summed E-state index contributed by atoms with van der Waals surface area (Å²) in [5, 5.41) is 3.41. The van der Waals surface area contributed by atoms with E-state index in [9.17, 15) is 4.79 Å². The molecular formula is C16H24N4O2. The number of methoxy groups -OCH3 is 1. The van der Waals surface area contributed by atoms with Crippen LogP contribution in [-0.4, -0.2) is 52.6 Å². The molecule has 0 radical (unpaired) electrons. The maximum absolute atomic E-state index is 12.2. The molecule has 1 spiro atoms. The fourth-order valence-corrected chi connectivity index (χ4v) is 3.79. The molecule has 1 aromatic rings. The maximum atomic E-state index is 12.2. The van der Waals surface area contributed by atoms with Crippen molar-refractivity contribution < 1.29 is 9.53 Å². The molecule has 1 amide bonds. The SMILES string of the molecule is COCCN1C(=O)CCC12CCC(Nc1ncccn1)CC2. The molecule has 120 valence electrons. The summed E-state index contributed by atoms with van der Waals surface area (Å²) >= 11 is 0. The molecule has 2 aliphatic rings. The number of aromatic nitrogens is 2. The van der Waals surface area contributed by atoms with Gasteiger partial charge < -0.3 is 15.0 Å². The average Bonchev–Trinajstić information content (AvgIpc) is 2.85. The lowest BCUT2D eigenvalue weighted by molar-refractivity contribution is -0.133. The van der Waals surface area contributed by atoms with Gasteiger partial charge in [0.15, 0.2) is 0 Å². The Balaban J connectivity index is 1.59. The average molecular weight is 304 g/mol. The van der Waals surface area contributed by atoms with E-state index >= 15 is 0 Å². The van der Waals surface area contributed by atoms with Crippen LogP contribution in [0.3, 0.4) is 0 Å². The van der Waals surface area contributed by atoms with Gasteiger partial charge in [-0.2, -0.15) is 0 Å². The lowest BCUT2D eigenvalue weighted by Gasteiger charge is -2.44. The van der Waals surface area contributed by atoms with Crippen LogP contribution in [0.2, 0.25) is 0 Å². The number of anilines is 1. The highest BCUT2D eigenvalue weighted by atomic mass is 16.5. The summed E-state index contributed by atoms with van der Waals surface area (Å²) in [6.45, 7) is 1.34. The van der Waals surface area contributed by atoms with Gasteiger partial charge in [-0.1, -0.05) is 0 Å². The number of ether oxygens (including phenoxy) is 1. The van der Waals surface area contributed by atoms with Crippen molar-refractivity contribution in [3.05, 3.63) is 18.5 Å². The van der Waals surface area contributed by atoms with E-state index in [4.69, 9.17) is 4.74 Å². The number of carbonyl (C=O) groups is 1. The molecule has 22 heavy (non-hydrogen) atoms. The third kappa shape index (κ3) is 3.06. The Morgan fingerprint density at radius 3 is 2.73 bits per heavy atom. The zero-order chi connectivity index (χ0) is 15.4. The van der Waals surface area contributed by atoms with Crippen LogP contribution >= 0.6 is 0 Å². The molecule has 1 N–H and O–H groups in total. The van der Waals surface area contributed by atoms with Crippen LogP contribution in [0, 0.1) is 0 Å². The zero-order valence-corrected chi connectivity index (χ0v) is 13.1. The van der Waals surface area contributed by atoms with Gasteiger partial charge in [0.05, 0.1) is 6.61 Å². The van der Waals surface area contributed by atoms with Crippen molar-refractivity contribution in [1.29, 1.82) is 0 Å². The molecule has 1 aromatic heterocycles. The monoisotopic (exact) mass is 304 g/mol. The van der Waals surface area contributed by atoms with Crippen molar-refractivity contribution in [2.45, 2.75) is 50.1 Å². The summed E-state index contributed by atoms with van der Waals surface area (Å²) in [6, 6.07) is 2.21. The number of nitrogens with zero attached hydrogens (tertiary/aromatic N) is 3. The van der Waals surface area contributed by atoms with Crippen LogP contribution in [0.4, 0.5) is 5.95 Å². The third-order valence-electron chi connectivity index (χ3n) is 5.01. The van der Waals surface area contributed by atoms with E-state index in [0.29, 0.717) is 25.0 Å². The van der Waals surface area contributed by atoms with E-state index < -0.39 is 0 Å². The first kappa shape index (κ1) is 15.2. The Labute approximate surface area is 131 Å². The summed E-state index contributed by atoms with van der Waals surface area (Å²) < 4.78 is 5.16. The number of rotatable bonds is 5. The number of likely N-dealkylation sites (tertiary alicyclic amines) is 1. The van der Waals surface area contributed by atoms with E-state index in [1.54, 1.807) is 19.5 Å². The third-order valence-corrected chi connectivity index (χ3v) is 5.01. The predicted octanol–water partition coefficient (Wildman–Crippen LogP) is 1.84. The quantitative estimate of drug-likeness (QED) is 0.899. The van der Waals surface area contributed by atoms with Crippen molar-refractivity contribution in [3.8, 4) is 0 Å². The Morgan fingerprint density at radius 1 is 1.32 bits per heavy atom. The molecule has 1 saturated heterocycles. The van der Waals surface area contributed by atoms with Gasteiger partial charge in [0.25, 0.3) is 0 Å². The Kier molecular flexibility index (Phi) is 4.57. The molecule has 0 aromatic carbocycles. The highest BCUT2D eigenvalue weighted by Gasteiger charge is 2.46. The van der Waals surface area contributed by atoms with Gasteiger partial charge >= 0.3 is 0 Å². The minimum Gasteiger partial charge on any atom is -0.383 e. The van der Waals surface area contributed by atoms with Crippen molar-refractivity contribution in [2.24, 2.45) is 0 Å². The predicted molar refractivity (Wildman–Crippen MR) is 83.5 cm³/mol. The number of nitrogens with one attached hydrogen (secondary N) is 1. The first-order valence-corrected chi connectivity index (χ1v) is 8.06. The standard InChI is InChI=1S/C16H24N4O2/c1-22-12-11-20-14(21)5-8-16(20)6-3-13(4-7-16)19-15-17-9-2-10-18-15/h2,9-10,13H,3-8,11-12H2,1H3,(H,17,18,19). The van der Waals surface area contributed by atoms with Crippen LogP contribution in [0.5, 0.6) is 0 Å². The molecule has 2 heterocycles. The molecule has 1 saturated carbocycles. The molecular weight excluding hydrogens is 280 g/mol. The van der Waals surface area contributed by atoms with Gasteiger partial charge in [0.1, 0.15) is 0 Å². The summed E-state index contributed by atoms with van der Waals surface area (Å²) in [5.74, 6) is 0.983. The Morgan fingerprint density at radius 2 is 2.05 bits per heavy atom. The molecule has 0 bridgehead atoms. The topological polar surface area (TPSA) is 67.3 Å². The second-order valence-electron chi connectivity index (χ2n) is 6.25. The first-order valence-electron chi connectivity index (χ1n) is 8.06. The normalized spacial score (nSPS) is 28.3. The number of hydrogen-bond donors (Lipinski definition) is 1. The van der Waals surface area contributed by atoms with E-state index in [0.717, 1.165) is 38.6 Å². The minimum atomic E-state index is 0.0609. The fraction of sp³-hybridized carbons (Fsp3) is 0.688. The summed E-state index contributed by atoms with van der Waals surface area (Å²) in [7, 11) is 1.69. The molecule has 0 atom stereocenters. The van der Waals surface area contributed by atoms with Crippen molar-refractivity contribution in [3.63, 3.8) is 0 Å². The minimum absolute atomic E-state index is 0.0609. The number of hydrogen-bond acceptors (Lipinski definition) is 5. The Bertz CT molecular complexity index is 500. The summed E-state index contributed by atoms with van der Waals surface area (Å²) in [5.41, 5.74) is 0.0609. The highest BCUT2D eigenvalue weighted by molar-refractivity contribution is 5.79. The van der Waals surface area contributed by atoms with Crippen LogP contribution in [0.25, 0.3) is 0 Å². The lowest BCUT2D eigenvalue weighted by atomic mass is 9.77. The Hall–Kier alpha value is -1.69. The number of amides is 1. The molecule has 6 nitrogen and oxygen atoms in total. The molecule has 2 fully saturated rings. The van der Waals surface area contributed by atoms with E-state index in [-0.39, 0.29) is 11.4 Å². The molecule has 1 aliphatic heterocycles. The smallest absolute Gasteiger partial charge is 0.223 e. The van der Waals surface area contributed by atoms with Crippen molar-refractivity contribution in [1.82, 2.24) is 14.9 Å².